The summed E-state index contributed by atoms with van der Waals surface area (Å²) in [5.74, 6) is -0.225. The van der Waals surface area contributed by atoms with E-state index in [9.17, 15) is 18.0 Å². The molecule has 104 valence electrons. The van der Waals surface area contributed by atoms with Crippen LogP contribution in [0.4, 0.5) is 0 Å². The molecule has 1 N–H and O–H groups in total. The first kappa shape index (κ1) is 14.9. The van der Waals surface area contributed by atoms with Crippen molar-refractivity contribution in [1.29, 1.82) is 0 Å². The molecular weight excluding hydrogens is 256 g/mol. The third-order valence-corrected chi connectivity index (χ3v) is 4.82. The van der Waals surface area contributed by atoms with Crippen LogP contribution >= 0.6 is 0 Å². The maximum absolute atomic E-state index is 11.9. The van der Waals surface area contributed by atoms with E-state index in [4.69, 9.17) is 0 Å². The van der Waals surface area contributed by atoms with Crippen LogP contribution in [0.3, 0.4) is 0 Å². The molecule has 1 heterocycles. The van der Waals surface area contributed by atoms with Gasteiger partial charge in [-0.3, -0.25) is 9.59 Å². The zero-order valence-electron chi connectivity index (χ0n) is 10.8. The van der Waals surface area contributed by atoms with Crippen molar-refractivity contribution in [2.75, 3.05) is 24.6 Å². The zero-order valence-corrected chi connectivity index (χ0v) is 11.6. The van der Waals surface area contributed by atoms with E-state index in [-0.39, 0.29) is 35.9 Å². The average Bonchev–Trinajstić information content (AvgIpc) is 2.67. The molecular formula is C11H20N2O4S. The highest BCUT2D eigenvalue weighted by Crippen LogP contribution is 2.17. The minimum absolute atomic E-state index is 0.0360. The van der Waals surface area contributed by atoms with Crippen molar-refractivity contribution in [1.82, 2.24) is 10.2 Å². The Morgan fingerprint density at radius 1 is 1.33 bits per heavy atom. The molecule has 0 aromatic rings. The van der Waals surface area contributed by atoms with Gasteiger partial charge in [-0.05, 0) is 13.3 Å². The number of hydrogen-bond donors (Lipinski definition) is 1. The van der Waals surface area contributed by atoms with E-state index in [0.717, 1.165) is 0 Å². The first-order valence-corrected chi connectivity index (χ1v) is 7.98. The van der Waals surface area contributed by atoms with Crippen LogP contribution in [0.15, 0.2) is 0 Å². The Bertz CT molecular complexity index is 419. The highest BCUT2D eigenvalue weighted by atomic mass is 32.2. The lowest BCUT2D eigenvalue weighted by Crippen LogP contribution is -2.46. The second kappa shape index (κ2) is 6.17. The zero-order chi connectivity index (χ0) is 13.8. The number of carbonyl (C=O) groups is 2. The molecule has 1 fully saturated rings. The van der Waals surface area contributed by atoms with Gasteiger partial charge in [0, 0.05) is 19.0 Å². The Labute approximate surface area is 108 Å². The summed E-state index contributed by atoms with van der Waals surface area (Å²) in [6, 6.07) is -0.244. The van der Waals surface area contributed by atoms with Gasteiger partial charge in [0.1, 0.15) is 0 Å². The molecule has 1 aliphatic rings. The largest absolute Gasteiger partial charge is 0.347 e. The van der Waals surface area contributed by atoms with Crippen LogP contribution < -0.4 is 5.32 Å². The van der Waals surface area contributed by atoms with Gasteiger partial charge in [0.05, 0.1) is 18.1 Å². The lowest BCUT2D eigenvalue weighted by molar-refractivity contribution is -0.134. The molecule has 7 heteroatoms. The van der Waals surface area contributed by atoms with Crippen molar-refractivity contribution in [2.45, 2.75) is 32.7 Å². The molecule has 1 atom stereocenters. The van der Waals surface area contributed by atoms with Gasteiger partial charge in [-0.15, -0.1) is 0 Å². The first-order valence-electron chi connectivity index (χ1n) is 6.16. The van der Waals surface area contributed by atoms with Gasteiger partial charge in [0.2, 0.25) is 11.8 Å². The van der Waals surface area contributed by atoms with Crippen molar-refractivity contribution < 1.29 is 18.0 Å². The fraction of sp³-hybridized carbons (Fsp3) is 0.818. The van der Waals surface area contributed by atoms with Gasteiger partial charge in [0.15, 0.2) is 9.84 Å². The van der Waals surface area contributed by atoms with Crippen LogP contribution in [0.5, 0.6) is 0 Å². The Morgan fingerprint density at radius 3 is 2.44 bits per heavy atom. The van der Waals surface area contributed by atoms with Crippen LogP contribution in [0.1, 0.15) is 26.7 Å². The number of rotatable bonds is 5. The molecule has 0 aromatic carbocycles. The van der Waals surface area contributed by atoms with Gasteiger partial charge in [-0.25, -0.2) is 8.42 Å². The van der Waals surface area contributed by atoms with Crippen LogP contribution in [-0.2, 0) is 19.4 Å². The fourth-order valence-electron chi connectivity index (χ4n) is 2.06. The molecule has 1 rings (SSSR count). The quantitative estimate of drug-likeness (QED) is 0.737. The van der Waals surface area contributed by atoms with E-state index in [1.54, 1.807) is 11.8 Å². The normalized spacial score (nSPS) is 21.6. The van der Waals surface area contributed by atoms with Crippen molar-refractivity contribution in [3.63, 3.8) is 0 Å². The number of hydrogen-bond acceptors (Lipinski definition) is 4. The molecule has 1 aliphatic heterocycles. The highest BCUT2D eigenvalue weighted by Gasteiger charge is 2.33. The SMILES string of the molecule is CCC(=O)NCC(=O)N(CC)C1CCS(=O)(=O)C1. The number of carbonyl (C=O) groups excluding carboxylic acids is 2. The van der Waals surface area contributed by atoms with Crippen molar-refractivity contribution in [3.8, 4) is 0 Å². The first-order chi connectivity index (χ1) is 8.39. The Kier molecular flexibility index (Phi) is 5.13. The highest BCUT2D eigenvalue weighted by molar-refractivity contribution is 7.91. The minimum atomic E-state index is -3.00. The second-order valence-electron chi connectivity index (χ2n) is 4.37. The number of likely N-dealkylation sites (N-methyl/N-ethyl adjacent to an activating group) is 1. The van der Waals surface area contributed by atoms with Crippen LogP contribution in [-0.4, -0.2) is 55.8 Å². The van der Waals surface area contributed by atoms with Crippen molar-refractivity contribution in [2.24, 2.45) is 0 Å². The summed E-state index contributed by atoms with van der Waals surface area (Å²) in [4.78, 5) is 24.5. The van der Waals surface area contributed by atoms with Crippen molar-refractivity contribution >= 4 is 21.7 Å². The van der Waals surface area contributed by atoms with Gasteiger partial charge in [-0.1, -0.05) is 6.92 Å². The summed E-state index contributed by atoms with van der Waals surface area (Å²) in [6.07, 6.45) is 0.820. The maximum atomic E-state index is 11.9. The summed E-state index contributed by atoms with van der Waals surface area (Å²) >= 11 is 0. The van der Waals surface area contributed by atoms with Crippen LogP contribution in [0.25, 0.3) is 0 Å². The van der Waals surface area contributed by atoms with E-state index >= 15 is 0 Å². The molecule has 6 nitrogen and oxygen atoms in total. The molecule has 0 aliphatic carbocycles. The predicted octanol–water partition coefficient (Wildman–Crippen LogP) is -0.452. The Balaban J connectivity index is 2.56. The molecule has 0 radical (unpaired) electrons. The molecule has 0 saturated carbocycles. The third kappa shape index (κ3) is 3.97. The number of nitrogens with one attached hydrogen (secondary N) is 1. The number of nitrogens with zero attached hydrogens (tertiary/aromatic N) is 1. The predicted molar refractivity (Wildman–Crippen MR) is 67.7 cm³/mol. The van der Waals surface area contributed by atoms with Gasteiger partial charge in [0.25, 0.3) is 0 Å². The van der Waals surface area contributed by atoms with E-state index in [0.29, 0.717) is 19.4 Å². The monoisotopic (exact) mass is 276 g/mol. The molecule has 2 amide bonds. The van der Waals surface area contributed by atoms with E-state index in [1.165, 1.54) is 0 Å². The van der Waals surface area contributed by atoms with E-state index < -0.39 is 9.84 Å². The second-order valence-corrected chi connectivity index (χ2v) is 6.60. The smallest absolute Gasteiger partial charge is 0.242 e. The molecule has 1 saturated heterocycles. The number of sulfone groups is 1. The average molecular weight is 276 g/mol. The maximum Gasteiger partial charge on any atom is 0.242 e. The number of amides is 2. The molecule has 1 unspecified atom stereocenters. The van der Waals surface area contributed by atoms with Crippen LogP contribution in [0.2, 0.25) is 0 Å². The summed E-state index contributed by atoms with van der Waals surface area (Å²) in [5, 5.41) is 2.51. The lowest BCUT2D eigenvalue weighted by Gasteiger charge is -2.26. The van der Waals surface area contributed by atoms with Gasteiger partial charge >= 0.3 is 0 Å². The summed E-state index contributed by atoms with van der Waals surface area (Å²) in [6.45, 7) is 3.92. The van der Waals surface area contributed by atoms with E-state index in [2.05, 4.69) is 5.32 Å². The molecule has 0 spiro atoms. The summed E-state index contributed by atoms with van der Waals surface area (Å²) < 4.78 is 22.8. The standard InChI is InChI=1S/C11H20N2O4S/c1-3-10(14)12-7-11(15)13(4-2)9-5-6-18(16,17)8-9/h9H,3-8H2,1-2H3,(H,12,14). The summed E-state index contributed by atoms with van der Waals surface area (Å²) in [7, 11) is -3.00. The fourth-order valence-corrected chi connectivity index (χ4v) is 3.79. The molecule has 18 heavy (non-hydrogen) atoms. The lowest BCUT2D eigenvalue weighted by atomic mass is 10.2. The molecule has 0 aromatic heterocycles. The van der Waals surface area contributed by atoms with Gasteiger partial charge in [-0.2, -0.15) is 0 Å². The van der Waals surface area contributed by atoms with E-state index in [1.807, 2.05) is 6.92 Å². The van der Waals surface area contributed by atoms with Crippen LogP contribution in [0, 0.1) is 0 Å². The van der Waals surface area contributed by atoms with Gasteiger partial charge < -0.3 is 10.2 Å². The molecule has 0 bridgehead atoms. The Morgan fingerprint density at radius 2 is 2.00 bits per heavy atom. The van der Waals surface area contributed by atoms with Crippen molar-refractivity contribution in [3.05, 3.63) is 0 Å². The Hall–Kier alpha value is -1.11. The summed E-state index contributed by atoms with van der Waals surface area (Å²) in [5.41, 5.74) is 0. The topological polar surface area (TPSA) is 83.6 Å². The third-order valence-electron chi connectivity index (χ3n) is 3.07. The minimum Gasteiger partial charge on any atom is -0.347 e.